The van der Waals surface area contributed by atoms with Crippen LogP contribution in [0.2, 0.25) is 0 Å². The van der Waals surface area contributed by atoms with Crippen LogP contribution in [0.4, 0.5) is 0 Å². The molecule has 1 rings (SSSR count). The van der Waals surface area contributed by atoms with Crippen LogP contribution in [-0.4, -0.2) is 11.6 Å². The summed E-state index contributed by atoms with van der Waals surface area (Å²) in [5, 5.41) is 3.71. The Bertz CT molecular complexity index is 247. The number of rotatable bonds is 3. The molecule has 0 amide bonds. The van der Waals surface area contributed by atoms with Gasteiger partial charge in [-0.05, 0) is 18.8 Å². The van der Waals surface area contributed by atoms with Gasteiger partial charge in [-0.2, -0.15) is 0 Å². The van der Waals surface area contributed by atoms with Gasteiger partial charge in [-0.25, -0.2) is 0 Å². The summed E-state index contributed by atoms with van der Waals surface area (Å²) in [6.07, 6.45) is 9.78. The minimum atomic E-state index is 0. The quantitative estimate of drug-likeness (QED) is 0.559. The van der Waals surface area contributed by atoms with Gasteiger partial charge < -0.3 is 30.1 Å². The number of hydrogen-bond acceptors (Lipinski definition) is 1. The van der Waals surface area contributed by atoms with Crippen molar-refractivity contribution >= 4 is 0 Å². The van der Waals surface area contributed by atoms with Gasteiger partial charge in [-0.3, -0.25) is 0 Å². The fourth-order valence-electron chi connectivity index (χ4n) is 1.74. The van der Waals surface area contributed by atoms with Crippen molar-refractivity contribution in [2.45, 2.75) is 52.6 Å². The summed E-state index contributed by atoms with van der Waals surface area (Å²) in [7, 11) is 0. The van der Waals surface area contributed by atoms with E-state index in [1.165, 1.54) is 0 Å². The monoisotopic (exact) mass is 311 g/mol. The second-order valence-corrected chi connectivity index (χ2v) is 5.38. The molecule has 0 aromatic rings. The minimum absolute atomic E-state index is 0. The molecule has 98 valence electrons. The van der Waals surface area contributed by atoms with Gasteiger partial charge in [0, 0.05) is 11.6 Å². The molecule has 0 saturated carbocycles. The predicted octanol–water partition coefficient (Wildman–Crippen LogP) is -2.71. The average Bonchev–Trinajstić information content (AvgIpc) is 2.54. The van der Waals surface area contributed by atoms with Gasteiger partial charge in [0.05, 0.1) is 0 Å². The molecule has 0 aromatic heterocycles. The zero-order valence-corrected chi connectivity index (χ0v) is 14.4. The van der Waals surface area contributed by atoms with E-state index in [1.807, 2.05) is 0 Å². The molecule has 1 aliphatic rings. The standard InChI is InChI=1S/C13H23N.2ClH.Ti/c1-6-13(5,12(2,3)4)14-11-9-7-8-10-11;;;/h7-11,14H,6H2,1-5H3;2*1H;/q;;;+2/p-2. The van der Waals surface area contributed by atoms with E-state index in [0.717, 1.165) is 6.42 Å². The number of halogens is 2. The van der Waals surface area contributed by atoms with Crippen molar-refractivity contribution in [2.75, 3.05) is 0 Å². The van der Waals surface area contributed by atoms with Crippen LogP contribution in [0.5, 0.6) is 0 Å². The first-order valence-corrected chi connectivity index (χ1v) is 5.52. The molecule has 1 atom stereocenters. The van der Waals surface area contributed by atoms with Crippen molar-refractivity contribution in [3.05, 3.63) is 24.3 Å². The van der Waals surface area contributed by atoms with Crippen molar-refractivity contribution < 1.29 is 46.5 Å². The van der Waals surface area contributed by atoms with Crippen LogP contribution in [0.1, 0.15) is 41.0 Å². The Kier molecular flexibility index (Phi) is 11.8. The van der Waals surface area contributed by atoms with Crippen molar-refractivity contribution in [1.29, 1.82) is 0 Å². The summed E-state index contributed by atoms with van der Waals surface area (Å²) in [4.78, 5) is 0. The molecular formula is C13H23Cl2NTi. The predicted molar refractivity (Wildman–Crippen MR) is 63.4 cm³/mol. The van der Waals surface area contributed by atoms with Crippen molar-refractivity contribution in [3.8, 4) is 0 Å². The van der Waals surface area contributed by atoms with E-state index in [4.69, 9.17) is 0 Å². The van der Waals surface area contributed by atoms with Crippen molar-refractivity contribution in [1.82, 2.24) is 5.32 Å². The molecule has 0 spiro atoms. The Morgan fingerprint density at radius 3 is 1.71 bits per heavy atom. The van der Waals surface area contributed by atoms with E-state index in [-0.39, 0.29) is 57.5 Å². The molecule has 0 fully saturated rings. The molecule has 0 bridgehead atoms. The van der Waals surface area contributed by atoms with Gasteiger partial charge >= 0.3 is 21.7 Å². The summed E-state index contributed by atoms with van der Waals surface area (Å²) >= 11 is 0. The third kappa shape index (κ3) is 5.94. The maximum atomic E-state index is 3.71. The van der Waals surface area contributed by atoms with Crippen LogP contribution in [0, 0.1) is 5.41 Å². The Hall–Kier alpha value is 0.734. The van der Waals surface area contributed by atoms with E-state index < -0.39 is 0 Å². The summed E-state index contributed by atoms with van der Waals surface area (Å²) in [5.74, 6) is 0. The smallest absolute Gasteiger partial charge is 1.00 e. The molecule has 0 saturated heterocycles. The summed E-state index contributed by atoms with van der Waals surface area (Å²) in [6, 6.07) is 0.416. The van der Waals surface area contributed by atoms with E-state index in [1.54, 1.807) is 0 Å². The van der Waals surface area contributed by atoms with Gasteiger partial charge in [0.1, 0.15) is 0 Å². The Balaban J connectivity index is -0.000000653. The van der Waals surface area contributed by atoms with Crippen LogP contribution in [0.3, 0.4) is 0 Å². The SMILES string of the molecule is CCC(C)(NC1C=CC=C1)C(C)(C)C.[Cl-].[Cl-].[Ti+2]. The second-order valence-electron chi connectivity index (χ2n) is 5.38. The van der Waals surface area contributed by atoms with E-state index in [0.29, 0.717) is 6.04 Å². The summed E-state index contributed by atoms with van der Waals surface area (Å²) in [6.45, 7) is 11.5. The van der Waals surface area contributed by atoms with Crippen LogP contribution < -0.4 is 30.1 Å². The Labute approximate surface area is 134 Å². The summed E-state index contributed by atoms with van der Waals surface area (Å²) < 4.78 is 0. The van der Waals surface area contributed by atoms with Gasteiger partial charge in [-0.1, -0.05) is 52.0 Å². The zero-order valence-electron chi connectivity index (χ0n) is 11.3. The molecule has 0 aliphatic heterocycles. The molecule has 1 nitrogen and oxygen atoms in total. The largest absolute Gasteiger partial charge is 2.00 e. The van der Waals surface area contributed by atoms with Gasteiger partial charge in [-0.15, -0.1) is 0 Å². The molecule has 17 heavy (non-hydrogen) atoms. The zero-order chi connectivity index (χ0) is 10.8. The maximum absolute atomic E-state index is 3.71. The first-order chi connectivity index (χ1) is 6.39. The molecule has 4 heteroatoms. The molecule has 1 N–H and O–H groups in total. The fourth-order valence-corrected chi connectivity index (χ4v) is 1.74. The third-order valence-electron chi connectivity index (χ3n) is 3.60. The van der Waals surface area contributed by atoms with E-state index >= 15 is 0 Å². The van der Waals surface area contributed by atoms with E-state index in [2.05, 4.69) is 64.2 Å². The Morgan fingerprint density at radius 1 is 1.00 bits per heavy atom. The third-order valence-corrected chi connectivity index (χ3v) is 3.60. The van der Waals surface area contributed by atoms with Crippen LogP contribution >= 0.6 is 0 Å². The maximum Gasteiger partial charge on any atom is 2.00 e. The number of nitrogens with one attached hydrogen (secondary N) is 1. The topological polar surface area (TPSA) is 12.0 Å². The second kappa shape index (κ2) is 8.77. The normalized spacial score (nSPS) is 17.7. The summed E-state index contributed by atoms with van der Waals surface area (Å²) in [5.41, 5.74) is 0.475. The average molecular weight is 312 g/mol. The first-order valence-electron chi connectivity index (χ1n) is 5.52. The van der Waals surface area contributed by atoms with Gasteiger partial charge in [0.15, 0.2) is 0 Å². The molecule has 0 aromatic carbocycles. The van der Waals surface area contributed by atoms with Crippen LogP contribution in [0.25, 0.3) is 0 Å². The first kappa shape index (κ1) is 22.9. The van der Waals surface area contributed by atoms with Crippen LogP contribution in [-0.2, 0) is 21.7 Å². The van der Waals surface area contributed by atoms with Gasteiger partial charge in [0.25, 0.3) is 0 Å². The Morgan fingerprint density at radius 2 is 1.41 bits per heavy atom. The van der Waals surface area contributed by atoms with Crippen LogP contribution in [0.15, 0.2) is 24.3 Å². The molecule has 1 unspecified atom stereocenters. The number of hydrogen-bond donors (Lipinski definition) is 1. The molecule has 1 aliphatic carbocycles. The van der Waals surface area contributed by atoms with E-state index in [9.17, 15) is 0 Å². The molecular weight excluding hydrogens is 289 g/mol. The van der Waals surface area contributed by atoms with Crippen molar-refractivity contribution in [2.24, 2.45) is 5.41 Å². The molecule has 0 radical (unpaired) electrons. The minimum Gasteiger partial charge on any atom is -1.00 e. The molecule has 0 heterocycles. The number of allylic oxidation sites excluding steroid dienone is 2. The van der Waals surface area contributed by atoms with Crippen molar-refractivity contribution in [3.63, 3.8) is 0 Å². The fraction of sp³-hybridized carbons (Fsp3) is 0.692. The van der Waals surface area contributed by atoms with Gasteiger partial charge in [0.2, 0.25) is 0 Å².